The highest BCUT2D eigenvalue weighted by Crippen LogP contribution is 2.28. The van der Waals surface area contributed by atoms with E-state index in [9.17, 15) is 9.90 Å². The number of nitrogens with zero attached hydrogens (tertiary/aromatic N) is 2. The third-order valence-corrected chi connectivity index (χ3v) is 4.44. The van der Waals surface area contributed by atoms with Gasteiger partial charge >= 0.3 is 5.97 Å². The lowest BCUT2D eigenvalue weighted by molar-refractivity contribution is 0.0590. The second-order valence-electron chi connectivity index (χ2n) is 6.26. The van der Waals surface area contributed by atoms with Crippen LogP contribution < -0.4 is 10.1 Å². The monoisotopic (exact) mass is 381 g/mol. The van der Waals surface area contributed by atoms with E-state index in [0.29, 0.717) is 6.42 Å². The number of unbranched alkanes of at least 4 members (excludes halogenated alkanes) is 1. The van der Waals surface area contributed by atoms with Crippen molar-refractivity contribution >= 4 is 22.6 Å². The van der Waals surface area contributed by atoms with Crippen molar-refractivity contribution in [3.8, 4) is 11.5 Å². The number of para-hydroxylation sites is 1. The van der Waals surface area contributed by atoms with Gasteiger partial charge in [0.05, 0.1) is 14.2 Å². The predicted octanol–water partition coefficient (Wildman–Crippen LogP) is 3.57. The summed E-state index contributed by atoms with van der Waals surface area (Å²) in [7, 11) is 2.90. The zero-order chi connectivity index (χ0) is 19.9. The number of pyridine rings is 2. The summed E-state index contributed by atoms with van der Waals surface area (Å²) in [5.74, 6) is -0.0563. The summed E-state index contributed by atoms with van der Waals surface area (Å²) >= 11 is 0. The molecule has 0 bridgehead atoms. The van der Waals surface area contributed by atoms with E-state index < -0.39 is 5.97 Å². The number of fused-ring (bicyclic) bond motifs is 1. The number of aryl methyl sites for hydroxylation is 1. The van der Waals surface area contributed by atoms with Gasteiger partial charge in [-0.2, -0.15) is 0 Å². The Morgan fingerprint density at radius 1 is 1.14 bits per heavy atom. The van der Waals surface area contributed by atoms with Gasteiger partial charge in [-0.3, -0.25) is 4.98 Å². The fraction of sp³-hybridized carbons (Fsp3) is 0.286. The molecule has 0 atom stereocenters. The molecule has 0 aliphatic rings. The summed E-state index contributed by atoms with van der Waals surface area (Å²) in [6, 6.07) is 11.0. The number of methoxy groups -OCH3 is 2. The molecule has 0 radical (unpaired) electrons. The molecule has 2 N–H and O–H groups in total. The van der Waals surface area contributed by atoms with Crippen LogP contribution in [0.3, 0.4) is 0 Å². The van der Waals surface area contributed by atoms with Crippen LogP contribution in [0.5, 0.6) is 11.5 Å². The van der Waals surface area contributed by atoms with Crippen LogP contribution in [-0.2, 0) is 11.2 Å². The topological polar surface area (TPSA) is 93.6 Å². The maximum absolute atomic E-state index is 11.6. The molecule has 3 rings (SSSR count). The highest BCUT2D eigenvalue weighted by Gasteiger charge is 2.14. The fourth-order valence-corrected chi connectivity index (χ4v) is 3.00. The molecule has 0 amide bonds. The minimum Gasteiger partial charge on any atom is -0.505 e. The molecule has 0 fully saturated rings. The molecule has 7 nitrogen and oxygen atoms in total. The van der Waals surface area contributed by atoms with Crippen LogP contribution in [0.4, 0.5) is 5.69 Å². The summed E-state index contributed by atoms with van der Waals surface area (Å²) in [6.45, 7) is 0.790. The average Bonchev–Trinajstić information content (AvgIpc) is 2.73. The first-order valence-corrected chi connectivity index (χ1v) is 9.07. The molecule has 2 heterocycles. The van der Waals surface area contributed by atoms with Crippen LogP contribution in [0.25, 0.3) is 10.9 Å². The van der Waals surface area contributed by atoms with Gasteiger partial charge < -0.3 is 19.9 Å². The zero-order valence-corrected chi connectivity index (χ0v) is 15.9. The van der Waals surface area contributed by atoms with Crippen LogP contribution in [-0.4, -0.2) is 41.8 Å². The maximum atomic E-state index is 11.6. The number of nitrogens with one attached hydrogen (secondary N) is 1. The zero-order valence-electron chi connectivity index (χ0n) is 15.9. The summed E-state index contributed by atoms with van der Waals surface area (Å²) in [5.41, 5.74) is 2.55. The Hall–Kier alpha value is -3.35. The molecule has 1 aromatic carbocycles. The van der Waals surface area contributed by atoms with Crippen LogP contribution in [0.15, 0.2) is 42.6 Å². The van der Waals surface area contributed by atoms with Gasteiger partial charge in [0, 0.05) is 29.5 Å². The second kappa shape index (κ2) is 9.03. The van der Waals surface area contributed by atoms with Gasteiger partial charge in [-0.05, 0) is 43.5 Å². The Balaban J connectivity index is 1.56. The van der Waals surface area contributed by atoms with E-state index in [1.54, 1.807) is 19.4 Å². The lowest BCUT2D eigenvalue weighted by Crippen LogP contribution is -2.07. The fourth-order valence-electron chi connectivity index (χ4n) is 3.00. The molecule has 7 heteroatoms. The molecule has 28 heavy (non-hydrogen) atoms. The van der Waals surface area contributed by atoms with Gasteiger partial charge in [-0.25, -0.2) is 9.78 Å². The molecule has 0 unspecified atom stereocenters. The number of ether oxygens (including phenoxy) is 2. The van der Waals surface area contributed by atoms with E-state index in [1.165, 1.54) is 13.2 Å². The lowest BCUT2D eigenvalue weighted by atomic mass is 10.1. The van der Waals surface area contributed by atoms with Crippen LogP contribution in [0.2, 0.25) is 0 Å². The van der Waals surface area contributed by atoms with Gasteiger partial charge in [0.15, 0.2) is 5.69 Å². The molecule has 0 saturated carbocycles. The number of carbonyl (C=O) groups is 1. The molecular formula is C21H23N3O4. The molecule has 0 aliphatic heterocycles. The van der Waals surface area contributed by atoms with Gasteiger partial charge in [0.2, 0.25) is 0 Å². The van der Waals surface area contributed by atoms with Crippen molar-refractivity contribution in [1.29, 1.82) is 0 Å². The summed E-state index contributed by atoms with van der Waals surface area (Å²) < 4.78 is 10.00. The van der Waals surface area contributed by atoms with E-state index in [-0.39, 0.29) is 11.4 Å². The minimum absolute atomic E-state index is 0.0460. The van der Waals surface area contributed by atoms with Crippen molar-refractivity contribution in [3.05, 3.63) is 54.0 Å². The van der Waals surface area contributed by atoms with E-state index in [0.717, 1.165) is 47.4 Å². The van der Waals surface area contributed by atoms with Gasteiger partial charge in [0.25, 0.3) is 0 Å². The molecule has 0 spiro atoms. The van der Waals surface area contributed by atoms with Crippen molar-refractivity contribution in [3.63, 3.8) is 0 Å². The van der Waals surface area contributed by atoms with Gasteiger partial charge in [-0.15, -0.1) is 0 Å². The molecular weight excluding hydrogens is 358 g/mol. The summed E-state index contributed by atoms with van der Waals surface area (Å²) in [6.07, 6.45) is 4.28. The Morgan fingerprint density at radius 3 is 2.79 bits per heavy atom. The number of hydrogen-bond donors (Lipinski definition) is 2. The predicted molar refractivity (Wildman–Crippen MR) is 107 cm³/mol. The average molecular weight is 381 g/mol. The summed E-state index contributed by atoms with van der Waals surface area (Å²) in [5, 5.41) is 14.2. The smallest absolute Gasteiger partial charge is 0.360 e. The molecule has 0 aliphatic carbocycles. The third kappa shape index (κ3) is 4.31. The standard InChI is InChI=1S/C21H23N3O4/c1-27-18-8-5-7-15-16(11-13-23-19(15)18)22-12-4-3-6-14-9-10-17(25)20(24-14)21(26)28-2/h5,7-11,13,25H,3-4,6,12H2,1-2H3,(H,22,23). The number of rotatable bonds is 8. The van der Waals surface area contributed by atoms with Crippen LogP contribution >= 0.6 is 0 Å². The number of aromatic hydroxyl groups is 1. The van der Waals surface area contributed by atoms with Gasteiger partial charge in [-0.1, -0.05) is 12.1 Å². The maximum Gasteiger partial charge on any atom is 0.360 e. The van der Waals surface area contributed by atoms with Crippen LogP contribution in [0.1, 0.15) is 29.0 Å². The highest BCUT2D eigenvalue weighted by atomic mass is 16.5. The second-order valence-corrected chi connectivity index (χ2v) is 6.26. The third-order valence-electron chi connectivity index (χ3n) is 4.44. The minimum atomic E-state index is -0.638. The van der Waals surface area contributed by atoms with E-state index in [2.05, 4.69) is 20.0 Å². The van der Waals surface area contributed by atoms with Crippen molar-refractivity contribution < 1.29 is 19.4 Å². The number of esters is 1. The van der Waals surface area contributed by atoms with Gasteiger partial charge in [0.1, 0.15) is 17.0 Å². The number of benzene rings is 1. The molecule has 146 valence electrons. The Bertz CT molecular complexity index is 975. The van der Waals surface area contributed by atoms with Crippen LogP contribution in [0, 0.1) is 0 Å². The first-order chi connectivity index (χ1) is 13.6. The molecule has 3 aromatic rings. The largest absolute Gasteiger partial charge is 0.505 e. The number of carbonyl (C=O) groups excluding carboxylic acids is 1. The first-order valence-electron chi connectivity index (χ1n) is 9.07. The van der Waals surface area contributed by atoms with E-state index in [4.69, 9.17) is 4.74 Å². The Labute approximate surface area is 163 Å². The number of aromatic nitrogens is 2. The SMILES string of the molecule is COC(=O)c1nc(CCCCNc2ccnc3c(OC)cccc23)ccc1O. The molecule has 0 saturated heterocycles. The summed E-state index contributed by atoms with van der Waals surface area (Å²) in [4.78, 5) is 20.2. The van der Waals surface area contributed by atoms with Crippen molar-refractivity contribution in [2.75, 3.05) is 26.1 Å². The number of hydrogen-bond acceptors (Lipinski definition) is 7. The molecule has 2 aromatic heterocycles. The Morgan fingerprint density at radius 2 is 2.00 bits per heavy atom. The lowest BCUT2D eigenvalue weighted by Gasteiger charge is -2.11. The highest BCUT2D eigenvalue weighted by molar-refractivity contribution is 5.94. The quantitative estimate of drug-likeness (QED) is 0.455. The Kier molecular flexibility index (Phi) is 6.26. The van der Waals surface area contributed by atoms with E-state index in [1.807, 2.05) is 24.3 Å². The van der Waals surface area contributed by atoms with Crippen molar-refractivity contribution in [2.24, 2.45) is 0 Å². The first kappa shape index (κ1) is 19.4. The van der Waals surface area contributed by atoms with Crippen molar-refractivity contribution in [1.82, 2.24) is 9.97 Å². The van der Waals surface area contributed by atoms with E-state index >= 15 is 0 Å². The number of anilines is 1. The van der Waals surface area contributed by atoms with Crippen molar-refractivity contribution in [2.45, 2.75) is 19.3 Å². The normalized spacial score (nSPS) is 10.6.